The summed E-state index contributed by atoms with van der Waals surface area (Å²) in [6.45, 7) is 15.0. The summed E-state index contributed by atoms with van der Waals surface area (Å²) in [5, 5.41) is 0. The molecule has 0 fully saturated rings. The summed E-state index contributed by atoms with van der Waals surface area (Å²) in [7, 11) is -7.98. The molecule has 2 aromatic carbocycles. The van der Waals surface area contributed by atoms with Crippen molar-refractivity contribution >= 4 is 18.1 Å². The van der Waals surface area contributed by atoms with Crippen molar-refractivity contribution in [2.24, 2.45) is 0 Å². The molecule has 0 radical (unpaired) electrons. The molecule has 0 unspecified atom stereocenters. The first-order valence-corrected chi connectivity index (χ1v) is 25.9. The first-order chi connectivity index (χ1) is 23.9. The summed E-state index contributed by atoms with van der Waals surface area (Å²) < 4.78 is 67.6. The summed E-state index contributed by atoms with van der Waals surface area (Å²) in [5.74, 6) is 1.01. The topological polar surface area (TPSA) is 92.3 Å². The van der Waals surface area contributed by atoms with E-state index in [1.54, 1.807) is 0 Å². The zero-order valence-electron chi connectivity index (χ0n) is 31.1. The second kappa shape index (κ2) is 26.8. The summed E-state index contributed by atoms with van der Waals surface area (Å²) >= 11 is -5.65. The molecule has 13 heteroatoms. The molecule has 0 atom stereocenters. The van der Waals surface area contributed by atoms with Gasteiger partial charge in [0.05, 0.1) is 0 Å². The van der Waals surface area contributed by atoms with Gasteiger partial charge in [0.1, 0.15) is 0 Å². The minimum atomic E-state index is -5.65. The van der Waals surface area contributed by atoms with Crippen molar-refractivity contribution in [3.05, 3.63) is 60.7 Å². The molecule has 0 spiro atoms. The molecule has 0 saturated heterocycles. The first kappa shape index (κ1) is 44.2. The molecule has 0 heterocycles. The van der Waals surface area contributed by atoms with Gasteiger partial charge in [0.25, 0.3) is 0 Å². The van der Waals surface area contributed by atoms with Crippen LogP contribution in [0.15, 0.2) is 60.7 Å². The number of benzene rings is 2. The first-order valence-electron chi connectivity index (χ1n) is 18.7. The fraction of sp³-hybridized carbons (Fsp3) is 0.667. The molecule has 0 aromatic heterocycles. The Morgan fingerprint density at radius 2 is 0.633 bits per heavy atom. The van der Waals surface area contributed by atoms with E-state index >= 15 is 0 Å². The maximum atomic E-state index is 7.16. The van der Waals surface area contributed by atoms with Crippen LogP contribution in [0.5, 0.6) is 11.5 Å². The molecule has 2 rings (SSSR count). The van der Waals surface area contributed by atoms with Gasteiger partial charge in [0.2, 0.25) is 0 Å². The summed E-state index contributed by atoms with van der Waals surface area (Å²) in [4.78, 5) is 0. The third-order valence-electron chi connectivity index (χ3n) is 7.13. The Hall–Kier alpha value is -0.963. The number of rotatable bonds is 32. The van der Waals surface area contributed by atoms with Crippen LogP contribution in [0.3, 0.4) is 0 Å². The van der Waals surface area contributed by atoms with Crippen molar-refractivity contribution in [1.29, 1.82) is 0 Å². The molecule has 0 aliphatic heterocycles. The monoisotopic (exact) mass is 802 g/mol. The Balaban J connectivity index is 2.84. The zero-order valence-corrected chi connectivity index (χ0v) is 35.5. The van der Waals surface area contributed by atoms with Crippen LogP contribution in [-0.2, 0) is 53.6 Å². The summed E-state index contributed by atoms with van der Waals surface area (Å²) in [6.07, 6.45) is 10.4. The molecule has 0 saturated carbocycles. The van der Waals surface area contributed by atoms with Crippen molar-refractivity contribution in [1.82, 2.24) is 0 Å². The van der Waals surface area contributed by atoms with Gasteiger partial charge in [0.15, 0.2) is 0 Å². The van der Waals surface area contributed by atoms with Crippen LogP contribution in [0.1, 0.15) is 119 Å². The van der Waals surface area contributed by atoms with E-state index < -0.39 is 40.1 Å². The molecule has 0 bridgehead atoms. The molecular formula is C36H64O10Si2Zr. The van der Waals surface area contributed by atoms with Crippen molar-refractivity contribution < 1.29 is 59.2 Å². The Morgan fingerprint density at radius 1 is 0.388 bits per heavy atom. The van der Waals surface area contributed by atoms with Gasteiger partial charge in [0, 0.05) is 0 Å². The van der Waals surface area contributed by atoms with Crippen LogP contribution in [-0.4, -0.2) is 57.7 Å². The fourth-order valence-electron chi connectivity index (χ4n) is 4.17. The standard InChI is InChI=1S/2C12H27O4Si.2C6H6O.Zr/c2*1-4-7-10-14-17(13,15-11-8-5-2)16-12-9-6-3;2*7-6-4-2-1-3-5-6;/h2*4-12H2,1-3H3;2*1-5,7H;/q2*-1;;;+4/p-2. The third-order valence-corrected chi connectivity index (χ3v) is 21.2. The number of para-hydroxylation sites is 2. The second-order valence-electron chi connectivity index (χ2n) is 11.7. The third kappa shape index (κ3) is 17.9. The van der Waals surface area contributed by atoms with E-state index in [0.717, 1.165) is 77.0 Å². The molecule has 0 aliphatic rings. The average molecular weight is 804 g/mol. The van der Waals surface area contributed by atoms with Crippen molar-refractivity contribution in [3.8, 4) is 11.5 Å². The van der Waals surface area contributed by atoms with E-state index in [-0.39, 0.29) is 0 Å². The molecule has 0 aliphatic carbocycles. The maximum absolute atomic E-state index is 7.16. The Bertz CT molecular complexity index is 920. The summed E-state index contributed by atoms with van der Waals surface area (Å²) in [6, 6.07) is 18.8. The quantitative estimate of drug-likeness (QED) is 0.0526. The van der Waals surface area contributed by atoms with E-state index in [1.165, 1.54) is 0 Å². The minimum absolute atomic E-state index is 0.384. The Morgan fingerprint density at radius 3 is 0.857 bits per heavy atom. The normalized spacial score (nSPS) is 12.4. The van der Waals surface area contributed by atoms with Crippen LogP contribution < -0.4 is 5.63 Å². The van der Waals surface area contributed by atoms with Gasteiger partial charge < -0.3 is 0 Å². The molecule has 2 aromatic rings. The van der Waals surface area contributed by atoms with Gasteiger partial charge >= 0.3 is 308 Å². The molecule has 10 nitrogen and oxygen atoms in total. The molecule has 0 N–H and O–H groups in total. The van der Waals surface area contributed by atoms with E-state index in [9.17, 15) is 0 Å². The van der Waals surface area contributed by atoms with E-state index in [1.807, 2.05) is 60.7 Å². The van der Waals surface area contributed by atoms with Crippen LogP contribution in [0, 0.1) is 0 Å². The molecule has 280 valence electrons. The van der Waals surface area contributed by atoms with Crippen molar-refractivity contribution in [3.63, 3.8) is 0 Å². The van der Waals surface area contributed by atoms with E-state index in [4.69, 9.17) is 37.2 Å². The van der Waals surface area contributed by atoms with Gasteiger partial charge in [-0.3, -0.25) is 0 Å². The molecular weight excluding hydrogens is 740 g/mol. The summed E-state index contributed by atoms with van der Waals surface area (Å²) in [5.41, 5.74) is 0. The van der Waals surface area contributed by atoms with Crippen LogP contribution in [0.25, 0.3) is 0 Å². The molecule has 49 heavy (non-hydrogen) atoms. The van der Waals surface area contributed by atoms with Crippen molar-refractivity contribution in [2.45, 2.75) is 119 Å². The van der Waals surface area contributed by atoms with Gasteiger partial charge in [-0.2, -0.15) is 0 Å². The van der Waals surface area contributed by atoms with Crippen LogP contribution in [0.4, 0.5) is 0 Å². The van der Waals surface area contributed by atoms with Crippen LogP contribution >= 0.6 is 0 Å². The van der Waals surface area contributed by atoms with Gasteiger partial charge in [-0.1, -0.05) is 0 Å². The van der Waals surface area contributed by atoms with Gasteiger partial charge in [-0.25, -0.2) is 0 Å². The molecule has 0 amide bonds. The van der Waals surface area contributed by atoms with Crippen LogP contribution in [0.2, 0.25) is 0 Å². The average Bonchev–Trinajstić information content (AvgIpc) is 3.10. The fourth-order valence-corrected chi connectivity index (χ4v) is 19.8. The number of hydrogen-bond donors (Lipinski definition) is 0. The predicted octanol–water partition coefficient (Wildman–Crippen LogP) is 9.76. The van der Waals surface area contributed by atoms with Crippen molar-refractivity contribution in [2.75, 3.05) is 39.6 Å². The predicted molar refractivity (Wildman–Crippen MR) is 193 cm³/mol. The van der Waals surface area contributed by atoms with E-state index in [0.29, 0.717) is 51.1 Å². The number of unbranched alkanes of at least 4 members (excludes halogenated alkanes) is 6. The number of hydrogen-bond acceptors (Lipinski definition) is 10. The zero-order chi connectivity index (χ0) is 35.5. The van der Waals surface area contributed by atoms with Gasteiger partial charge in [-0.15, -0.1) is 0 Å². The SMILES string of the molecule is CCCCO[Si](OCCCC)(OCCCC)[O][Zr]([O]c1ccccc1)([O]c1ccccc1)[O][Si](OCCCC)(OCCCC)OCCCC. The Labute approximate surface area is 306 Å². The second-order valence-corrected chi connectivity index (χ2v) is 22.4. The van der Waals surface area contributed by atoms with Gasteiger partial charge in [-0.05, 0) is 0 Å². The Kier molecular flexibility index (Phi) is 24.1. The van der Waals surface area contributed by atoms with E-state index in [2.05, 4.69) is 41.5 Å².